The normalized spacial score (nSPS) is 17.0. The second kappa shape index (κ2) is 6.64. The average Bonchev–Trinajstić information content (AvgIpc) is 3.07. The van der Waals surface area contributed by atoms with Gasteiger partial charge in [0.05, 0.1) is 5.56 Å². The van der Waals surface area contributed by atoms with Gasteiger partial charge in [0.1, 0.15) is 17.4 Å². The Morgan fingerprint density at radius 1 is 1.22 bits per heavy atom. The standard InChI is InChI=1S/C19H14FN3O4/c20-12-4-2-1-3-11(12)19-22-13-6-5-10(9-15(13)27-19)17(25)21-14-7-8-16(24)23-18(14)26/h1-6,9,14H,7-8H2,(H,21,25)(H,23,24,26). The Kier molecular flexibility index (Phi) is 4.15. The maximum atomic E-state index is 13.9. The van der Waals surface area contributed by atoms with E-state index in [4.69, 9.17) is 4.42 Å². The highest BCUT2D eigenvalue weighted by atomic mass is 19.1. The molecule has 7 nitrogen and oxygen atoms in total. The SMILES string of the molecule is O=C1CCC(NC(=O)c2ccc3nc(-c4ccccc4F)oc3c2)C(=O)N1. The lowest BCUT2D eigenvalue weighted by Gasteiger charge is -2.21. The number of hydrogen-bond acceptors (Lipinski definition) is 5. The smallest absolute Gasteiger partial charge is 0.252 e. The van der Waals surface area contributed by atoms with Crippen molar-refractivity contribution in [1.82, 2.24) is 15.6 Å². The molecule has 0 radical (unpaired) electrons. The van der Waals surface area contributed by atoms with Gasteiger partial charge in [-0.2, -0.15) is 0 Å². The Morgan fingerprint density at radius 3 is 2.81 bits per heavy atom. The molecule has 1 unspecified atom stereocenters. The molecular formula is C19H14FN3O4. The molecule has 1 saturated heterocycles. The van der Waals surface area contributed by atoms with E-state index in [1.165, 1.54) is 18.2 Å². The lowest BCUT2D eigenvalue weighted by molar-refractivity contribution is -0.134. The van der Waals surface area contributed by atoms with Crippen LogP contribution in [0.4, 0.5) is 4.39 Å². The predicted octanol–water partition coefficient (Wildman–Crippen LogP) is 2.17. The number of nitrogens with zero attached hydrogens (tertiary/aromatic N) is 1. The highest BCUT2D eigenvalue weighted by Crippen LogP contribution is 2.26. The molecule has 8 heteroatoms. The molecule has 2 N–H and O–H groups in total. The van der Waals surface area contributed by atoms with Crippen LogP contribution in [-0.2, 0) is 9.59 Å². The third-order valence-corrected chi connectivity index (χ3v) is 4.30. The molecule has 2 aromatic carbocycles. The number of fused-ring (bicyclic) bond motifs is 1. The van der Waals surface area contributed by atoms with Crippen molar-refractivity contribution >= 4 is 28.8 Å². The van der Waals surface area contributed by atoms with E-state index in [-0.39, 0.29) is 35.8 Å². The number of halogens is 1. The quantitative estimate of drug-likeness (QED) is 0.691. The Bertz CT molecular complexity index is 1080. The number of oxazole rings is 1. The van der Waals surface area contributed by atoms with Crippen molar-refractivity contribution in [3.8, 4) is 11.5 Å². The predicted molar refractivity (Wildman–Crippen MR) is 93.0 cm³/mol. The summed E-state index contributed by atoms with van der Waals surface area (Å²) in [5, 5.41) is 4.78. The number of imide groups is 1. The zero-order valence-corrected chi connectivity index (χ0v) is 14.0. The molecule has 0 aliphatic carbocycles. The number of hydrogen-bond donors (Lipinski definition) is 2. The fourth-order valence-corrected chi connectivity index (χ4v) is 2.89. The molecule has 1 aliphatic rings. The van der Waals surface area contributed by atoms with Gasteiger partial charge in [-0.25, -0.2) is 9.37 Å². The van der Waals surface area contributed by atoms with Crippen LogP contribution in [0.3, 0.4) is 0 Å². The Labute approximate surface area is 152 Å². The summed E-state index contributed by atoms with van der Waals surface area (Å²) in [7, 11) is 0. The second-order valence-electron chi connectivity index (χ2n) is 6.16. The van der Waals surface area contributed by atoms with Crippen molar-refractivity contribution in [2.24, 2.45) is 0 Å². The lowest BCUT2D eigenvalue weighted by atomic mass is 10.1. The molecule has 3 amide bonds. The summed E-state index contributed by atoms with van der Waals surface area (Å²) in [5.41, 5.74) is 1.29. The number of benzene rings is 2. The number of carbonyl (C=O) groups is 3. The van der Waals surface area contributed by atoms with Crippen LogP contribution < -0.4 is 10.6 Å². The van der Waals surface area contributed by atoms with Crippen molar-refractivity contribution in [2.45, 2.75) is 18.9 Å². The molecular weight excluding hydrogens is 353 g/mol. The summed E-state index contributed by atoms with van der Waals surface area (Å²) in [6.45, 7) is 0. The van der Waals surface area contributed by atoms with Crippen molar-refractivity contribution in [1.29, 1.82) is 0 Å². The molecule has 0 bridgehead atoms. The summed E-state index contributed by atoms with van der Waals surface area (Å²) in [4.78, 5) is 39.6. The van der Waals surface area contributed by atoms with Gasteiger partial charge in [-0.15, -0.1) is 0 Å². The van der Waals surface area contributed by atoms with E-state index in [2.05, 4.69) is 15.6 Å². The molecule has 3 aromatic rings. The molecule has 136 valence electrons. The van der Waals surface area contributed by atoms with Gasteiger partial charge in [0, 0.05) is 12.0 Å². The molecule has 1 aromatic heterocycles. The highest BCUT2D eigenvalue weighted by molar-refractivity contribution is 6.04. The molecule has 1 fully saturated rings. The lowest BCUT2D eigenvalue weighted by Crippen LogP contribution is -2.52. The third kappa shape index (κ3) is 3.29. The summed E-state index contributed by atoms with van der Waals surface area (Å²) in [5.74, 6) is -1.70. The van der Waals surface area contributed by atoms with E-state index >= 15 is 0 Å². The molecule has 1 atom stereocenters. The van der Waals surface area contributed by atoms with Crippen molar-refractivity contribution in [3.63, 3.8) is 0 Å². The Morgan fingerprint density at radius 2 is 2.04 bits per heavy atom. The van der Waals surface area contributed by atoms with Gasteiger partial charge in [-0.1, -0.05) is 12.1 Å². The Hall–Kier alpha value is -3.55. The van der Waals surface area contributed by atoms with Crippen LogP contribution in [0.2, 0.25) is 0 Å². The molecule has 2 heterocycles. The fourth-order valence-electron chi connectivity index (χ4n) is 2.89. The molecule has 4 rings (SSSR count). The van der Waals surface area contributed by atoms with Crippen molar-refractivity contribution < 1.29 is 23.2 Å². The highest BCUT2D eigenvalue weighted by Gasteiger charge is 2.28. The molecule has 1 aliphatic heterocycles. The summed E-state index contributed by atoms with van der Waals surface area (Å²) < 4.78 is 19.5. The van der Waals surface area contributed by atoms with Crippen LogP contribution in [0, 0.1) is 5.82 Å². The fraction of sp³-hybridized carbons (Fsp3) is 0.158. The van der Waals surface area contributed by atoms with E-state index in [1.807, 2.05) is 0 Å². The summed E-state index contributed by atoms with van der Waals surface area (Å²) in [6, 6.07) is 9.94. The number of aromatic nitrogens is 1. The number of carbonyl (C=O) groups excluding carboxylic acids is 3. The van der Waals surface area contributed by atoms with E-state index in [1.54, 1.807) is 24.3 Å². The monoisotopic (exact) mass is 367 g/mol. The van der Waals surface area contributed by atoms with Gasteiger partial charge in [0.2, 0.25) is 17.7 Å². The number of rotatable bonds is 3. The van der Waals surface area contributed by atoms with Crippen LogP contribution in [-0.4, -0.2) is 28.7 Å². The van der Waals surface area contributed by atoms with Crippen LogP contribution in [0.1, 0.15) is 23.2 Å². The van der Waals surface area contributed by atoms with Crippen LogP contribution >= 0.6 is 0 Å². The van der Waals surface area contributed by atoms with Crippen molar-refractivity contribution in [2.75, 3.05) is 0 Å². The first-order valence-corrected chi connectivity index (χ1v) is 8.31. The van der Waals surface area contributed by atoms with Crippen LogP contribution in [0.15, 0.2) is 46.9 Å². The van der Waals surface area contributed by atoms with Crippen LogP contribution in [0.5, 0.6) is 0 Å². The third-order valence-electron chi connectivity index (χ3n) is 4.30. The van der Waals surface area contributed by atoms with Gasteiger partial charge < -0.3 is 9.73 Å². The minimum atomic E-state index is -0.769. The maximum absolute atomic E-state index is 13.9. The first kappa shape index (κ1) is 16.9. The largest absolute Gasteiger partial charge is 0.436 e. The number of piperidine rings is 1. The number of amides is 3. The van der Waals surface area contributed by atoms with Gasteiger partial charge in [0.15, 0.2) is 5.58 Å². The van der Waals surface area contributed by atoms with Gasteiger partial charge in [-0.05, 0) is 36.8 Å². The van der Waals surface area contributed by atoms with Crippen LogP contribution in [0.25, 0.3) is 22.6 Å². The zero-order valence-electron chi connectivity index (χ0n) is 14.0. The minimum absolute atomic E-state index is 0.117. The molecule has 0 saturated carbocycles. The first-order valence-electron chi connectivity index (χ1n) is 8.31. The second-order valence-corrected chi connectivity index (χ2v) is 6.16. The van der Waals surface area contributed by atoms with Gasteiger partial charge in [-0.3, -0.25) is 19.7 Å². The summed E-state index contributed by atoms with van der Waals surface area (Å²) >= 11 is 0. The maximum Gasteiger partial charge on any atom is 0.252 e. The van der Waals surface area contributed by atoms with E-state index < -0.39 is 23.7 Å². The average molecular weight is 367 g/mol. The minimum Gasteiger partial charge on any atom is -0.436 e. The van der Waals surface area contributed by atoms with Gasteiger partial charge in [0.25, 0.3) is 5.91 Å². The molecule has 27 heavy (non-hydrogen) atoms. The zero-order chi connectivity index (χ0) is 19.0. The number of nitrogens with one attached hydrogen (secondary N) is 2. The topological polar surface area (TPSA) is 101 Å². The van der Waals surface area contributed by atoms with Crippen molar-refractivity contribution in [3.05, 3.63) is 53.8 Å². The molecule has 0 spiro atoms. The Balaban J connectivity index is 1.58. The summed E-state index contributed by atoms with van der Waals surface area (Å²) in [6.07, 6.45) is 0.419. The van der Waals surface area contributed by atoms with Gasteiger partial charge >= 0.3 is 0 Å². The van der Waals surface area contributed by atoms with E-state index in [9.17, 15) is 18.8 Å². The van der Waals surface area contributed by atoms with E-state index in [0.717, 1.165) is 0 Å². The first-order chi connectivity index (χ1) is 13.0. The van der Waals surface area contributed by atoms with E-state index in [0.29, 0.717) is 11.1 Å².